The zero-order valence-electron chi connectivity index (χ0n) is 12.7. The van der Waals surface area contributed by atoms with Gasteiger partial charge in [0, 0.05) is 0 Å². The number of hydrogen-bond acceptors (Lipinski definition) is 7. The molecule has 0 fully saturated rings. The highest BCUT2D eigenvalue weighted by Gasteiger charge is 2.41. The Balaban J connectivity index is 1.83. The van der Waals surface area contributed by atoms with E-state index in [1.807, 2.05) is 0 Å². The topological polar surface area (TPSA) is 109 Å². The number of amides is 1. The van der Waals surface area contributed by atoms with Crippen LogP contribution in [0.25, 0.3) is 0 Å². The van der Waals surface area contributed by atoms with E-state index in [0.717, 1.165) is 0 Å². The molecule has 1 amide bonds. The summed E-state index contributed by atoms with van der Waals surface area (Å²) < 4.78 is 50.1. The fourth-order valence-electron chi connectivity index (χ4n) is 2.31. The van der Waals surface area contributed by atoms with Gasteiger partial charge in [0.15, 0.2) is 0 Å². The van der Waals surface area contributed by atoms with E-state index in [4.69, 9.17) is 5.11 Å². The summed E-state index contributed by atoms with van der Waals surface area (Å²) in [6, 6.07) is 11.3. The standard InChI is InChI=1S/C15H13NO6S3/c17-9-11-5-7-12(8-6-11)25(21,22)23-10-16-15(18)13-3-1-2-4-14(13)24(16,19)20/h1-8,17H,9-10H2. The van der Waals surface area contributed by atoms with Crippen LogP contribution in [0.2, 0.25) is 0 Å². The van der Waals surface area contributed by atoms with E-state index in [1.165, 1.54) is 42.5 Å². The van der Waals surface area contributed by atoms with E-state index in [0.29, 0.717) is 20.7 Å². The van der Waals surface area contributed by atoms with Crippen LogP contribution in [0.5, 0.6) is 0 Å². The van der Waals surface area contributed by atoms with Gasteiger partial charge in [-0.2, -0.15) is 0 Å². The smallest absolute Gasteiger partial charge is 0.269 e. The van der Waals surface area contributed by atoms with E-state index in [-0.39, 0.29) is 22.0 Å². The van der Waals surface area contributed by atoms with Crippen molar-refractivity contribution in [1.82, 2.24) is 4.31 Å². The Morgan fingerprint density at radius 3 is 2.28 bits per heavy atom. The molecule has 1 heterocycles. The predicted molar refractivity (Wildman–Crippen MR) is 91.8 cm³/mol. The van der Waals surface area contributed by atoms with Gasteiger partial charge in [-0.1, -0.05) is 24.3 Å². The molecule has 0 aromatic heterocycles. The van der Waals surface area contributed by atoms with Crippen molar-refractivity contribution in [1.29, 1.82) is 0 Å². The van der Waals surface area contributed by atoms with E-state index >= 15 is 0 Å². The highest BCUT2D eigenvalue weighted by Crippen LogP contribution is 2.33. The molecule has 1 aliphatic rings. The highest BCUT2D eigenvalue weighted by atomic mass is 33.1. The third-order valence-corrected chi connectivity index (χ3v) is 8.93. The van der Waals surface area contributed by atoms with Crippen LogP contribution in [0.3, 0.4) is 0 Å². The summed E-state index contributed by atoms with van der Waals surface area (Å²) in [5.41, 5.74) is 0.587. The number of benzene rings is 2. The molecule has 0 radical (unpaired) electrons. The van der Waals surface area contributed by atoms with Gasteiger partial charge < -0.3 is 5.11 Å². The number of fused-ring (bicyclic) bond motifs is 1. The Hall–Kier alpha value is -1.88. The molecule has 1 aliphatic heterocycles. The van der Waals surface area contributed by atoms with Crippen LogP contribution < -0.4 is 0 Å². The molecule has 25 heavy (non-hydrogen) atoms. The van der Waals surface area contributed by atoms with Gasteiger partial charge in [-0.05, 0) is 40.6 Å². The lowest BCUT2D eigenvalue weighted by molar-refractivity contribution is 0.0887. The van der Waals surface area contributed by atoms with Crippen LogP contribution in [-0.2, 0) is 25.5 Å². The molecule has 0 saturated carbocycles. The summed E-state index contributed by atoms with van der Waals surface area (Å²) in [6.45, 7) is -0.216. The summed E-state index contributed by atoms with van der Waals surface area (Å²) >= 11 is 0. The van der Waals surface area contributed by atoms with Crippen molar-refractivity contribution < 1.29 is 26.7 Å². The number of rotatable bonds is 5. The maximum atomic E-state index is 12.4. The van der Waals surface area contributed by atoms with Crippen molar-refractivity contribution in [3.8, 4) is 0 Å². The lowest BCUT2D eigenvalue weighted by Crippen LogP contribution is -2.30. The van der Waals surface area contributed by atoms with E-state index in [2.05, 4.69) is 0 Å². The number of carbonyl (C=O) groups excluding carboxylic acids is 1. The Morgan fingerprint density at radius 2 is 1.68 bits per heavy atom. The molecule has 0 aliphatic carbocycles. The van der Waals surface area contributed by atoms with Crippen molar-refractivity contribution >= 4 is 35.6 Å². The first-order valence-corrected chi connectivity index (χ1v) is 11.5. The molecule has 2 aromatic rings. The second kappa shape index (κ2) is 6.45. The van der Waals surface area contributed by atoms with Crippen LogP contribution in [0.4, 0.5) is 0 Å². The molecule has 10 heteroatoms. The first-order valence-electron chi connectivity index (χ1n) is 7.03. The summed E-state index contributed by atoms with van der Waals surface area (Å²) in [5, 5.41) is 8.99. The summed E-state index contributed by atoms with van der Waals surface area (Å²) in [7, 11) is -7.55. The first-order chi connectivity index (χ1) is 11.8. The maximum absolute atomic E-state index is 12.4. The van der Waals surface area contributed by atoms with Crippen molar-refractivity contribution in [2.75, 3.05) is 5.88 Å². The molecule has 0 spiro atoms. The molecular formula is C15H13NO6S3. The van der Waals surface area contributed by atoms with Gasteiger partial charge in [0.05, 0.1) is 22.9 Å². The lowest BCUT2D eigenvalue weighted by atomic mass is 10.2. The van der Waals surface area contributed by atoms with Crippen LogP contribution in [0.1, 0.15) is 15.9 Å². The second-order valence-electron chi connectivity index (χ2n) is 5.16. The molecule has 0 bridgehead atoms. The molecule has 3 rings (SSSR count). The van der Waals surface area contributed by atoms with E-state index < -0.39 is 30.7 Å². The first kappa shape index (κ1) is 17.9. The predicted octanol–water partition coefficient (Wildman–Crippen LogP) is 1.40. The van der Waals surface area contributed by atoms with Gasteiger partial charge in [0.1, 0.15) is 4.90 Å². The van der Waals surface area contributed by atoms with Crippen LogP contribution in [0.15, 0.2) is 58.3 Å². The average Bonchev–Trinajstić information content (AvgIpc) is 2.80. The largest absolute Gasteiger partial charge is 0.392 e. The number of aliphatic hydroxyl groups is 1. The normalized spacial score (nSPS) is 16.0. The van der Waals surface area contributed by atoms with Gasteiger partial charge in [0.25, 0.3) is 15.9 Å². The number of hydrogen-bond donors (Lipinski definition) is 1. The molecule has 132 valence electrons. The molecule has 0 saturated heterocycles. The molecule has 7 nitrogen and oxygen atoms in total. The quantitative estimate of drug-likeness (QED) is 0.757. The lowest BCUT2D eigenvalue weighted by Gasteiger charge is -2.14. The molecule has 0 unspecified atom stereocenters. The third kappa shape index (κ3) is 3.17. The second-order valence-corrected chi connectivity index (χ2v) is 10.9. The van der Waals surface area contributed by atoms with Crippen molar-refractivity contribution in [3.63, 3.8) is 0 Å². The minimum absolute atomic E-state index is 0.0312. The zero-order chi connectivity index (χ0) is 18.2. The fourth-order valence-corrected chi connectivity index (χ4v) is 6.89. The van der Waals surface area contributed by atoms with Gasteiger partial charge >= 0.3 is 0 Å². The Labute approximate surface area is 148 Å². The Kier molecular flexibility index (Phi) is 4.62. The minimum Gasteiger partial charge on any atom is -0.392 e. The molecule has 0 atom stereocenters. The van der Waals surface area contributed by atoms with Crippen LogP contribution >= 0.6 is 10.8 Å². The van der Waals surface area contributed by atoms with Crippen LogP contribution in [0, 0.1) is 0 Å². The van der Waals surface area contributed by atoms with Gasteiger partial charge in [-0.25, -0.2) is 21.1 Å². The zero-order valence-corrected chi connectivity index (χ0v) is 15.1. The Bertz CT molecular complexity index is 1030. The highest BCUT2D eigenvalue weighted by molar-refractivity contribution is 8.72. The van der Waals surface area contributed by atoms with Crippen molar-refractivity contribution in [2.24, 2.45) is 0 Å². The van der Waals surface area contributed by atoms with Gasteiger partial charge in [-0.15, -0.1) is 0 Å². The molecular weight excluding hydrogens is 386 g/mol. The van der Waals surface area contributed by atoms with Crippen LogP contribution in [-0.4, -0.2) is 38.0 Å². The maximum Gasteiger partial charge on any atom is 0.269 e. The fraction of sp³-hybridized carbons (Fsp3) is 0.133. The monoisotopic (exact) mass is 399 g/mol. The van der Waals surface area contributed by atoms with E-state index in [9.17, 15) is 21.6 Å². The van der Waals surface area contributed by atoms with Gasteiger partial charge in [0.2, 0.25) is 8.87 Å². The number of nitrogens with zero attached hydrogens (tertiary/aromatic N) is 1. The minimum atomic E-state index is -4.05. The number of carbonyl (C=O) groups is 1. The molecule has 1 N–H and O–H groups in total. The van der Waals surface area contributed by atoms with Crippen molar-refractivity contribution in [2.45, 2.75) is 16.4 Å². The number of sulfonamides is 1. The summed E-state index contributed by atoms with van der Waals surface area (Å²) in [5.74, 6) is -1.28. The van der Waals surface area contributed by atoms with Crippen molar-refractivity contribution in [3.05, 3.63) is 59.7 Å². The third-order valence-electron chi connectivity index (χ3n) is 3.63. The Morgan fingerprint density at radius 1 is 1.04 bits per heavy atom. The van der Waals surface area contributed by atoms with Gasteiger partial charge in [-0.3, -0.25) is 4.79 Å². The summed E-state index contributed by atoms with van der Waals surface area (Å²) in [6.07, 6.45) is 0. The summed E-state index contributed by atoms with van der Waals surface area (Å²) in [4.78, 5) is 12.1. The SMILES string of the molecule is O=C1c2ccccc2S(=O)(=O)N1CSS(=O)(=O)c1ccc(CO)cc1. The van der Waals surface area contributed by atoms with E-state index in [1.54, 1.807) is 6.07 Å². The molecule has 2 aromatic carbocycles. The average molecular weight is 399 g/mol. The number of aliphatic hydroxyl groups excluding tert-OH is 1.